The van der Waals surface area contributed by atoms with Gasteiger partial charge in [0.1, 0.15) is 5.69 Å². The highest BCUT2D eigenvalue weighted by molar-refractivity contribution is 7.89. The van der Waals surface area contributed by atoms with Crippen LogP contribution < -0.4 is 4.72 Å². The van der Waals surface area contributed by atoms with Gasteiger partial charge < -0.3 is 0 Å². The summed E-state index contributed by atoms with van der Waals surface area (Å²) in [7, 11) is -3.67. The van der Waals surface area contributed by atoms with E-state index in [4.69, 9.17) is 0 Å². The highest BCUT2D eigenvalue weighted by atomic mass is 32.2. The summed E-state index contributed by atoms with van der Waals surface area (Å²) in [6, 6.07) is 15.6. The van der Waals surface area contributed by atoms with Gasteiger partial charge in [0.05, 0.1) is 18.4 Å². The van der Waals surface area contributed by atoms with Crippen molar-refractivity contribution in [3.05, 3.63) is 77.0 Å². The fraction of sp³-hybridized carbons (Fsp3) is 0.200. The molecule has 0 unspecified atom stereocenters. The first-order chi connectivity index (χ1) is 12.7. The second-order valence-corrected chi connectivity index (χ2v) is 8.39. The van der Waals surface area contributed by atoms with E-state index in [9.17, 15) is 13.2 Å². The van der Waals surface area contributed by atoms with Crippen LogP contribution >= 0.6 is 0 Å². The van der Waals surface area contributed by atoms with E-state index in [1.165, 1.54) is 0 Å². The van der Waals surface area contributed by atoms with Gasteiger partial charge >= 0.3 is 0 Å². The van der Waals surface area contributed by atoms with Gasteiger partial charge in [-0.05, 0) is 19.4 Å². The first kappa shape index (κ1) is 18.8. The monoisotopic (exact) mass is 383 g/mol. The summed E-state index contributed by atoms with van der Waals surface area (Å²) < 4.78 is 26.6. The van der Waals surface area contributed by atoms with Crippen LogP contribution in [0.15, 0.2) is 54.7 Å². The third-order valence-corrected chi connectivity index (χ3v) is 4.63. The number of rotatable bonds is 5. The number of amides is 1. The van der Waals surface area contributed by atoms with Crippen LogP contribution in [0, 0.1) is 13.8 Å². The summed E-state index contributed by atoms with van der Waals surface area (Å²) in [5, 5.41) is 4.54. The van der Waals surface area contributed by atoms with Crippen LogP contribution in [-0.2, 0) is 16.6 Å². The van der Waals surface area contributed by atoms with E-state index in [-0.39, 0.29) is 5.56 Å². The largest absolute Gasteiger partial charge is 0.268 e. The Morgan fingerprint density at radius 2 is 1.56 bits per heavy atom. The van der Waals surface area contributed by atoms with Crippen LogP contribution in [0.2, 0.25) is 0 Å². The molecule has 3 rings (SSSR count). The maximum atomic E-state index is 12.5. The van der Waals surface area contributed by atoms with Crippen molar-refractivity contribution in [1.29, 1.82) is 0 Å². The smallest absolute Gasteiger partial charge is 0.268 e. The van der Waals surface area contributed by atoms with Crippen molar-refractivity contribution in [2.75, 3.05) is 6.26 Å². The lowest BCUT2D eigenvalue weighted by Crippen LogP contribution is -2.29. The van der Waals surface area contributed by atoms with Crippen molar-refractivity contribution < 1.29 is 13.2 Å². The molecule has 2 aromatic carbocycles. The van der Waals surface area contributed by atoms with E-state index in [1.807, 2.05) is 67.1 Å². The number of nitrogens with zero attached hydrogens (tertiary/aromatic N) is 2. The predicted molar refractivity (Wildman–Crippen MR) is 105 cm³/mol. The van der Waals surface area contributed by atoms with Gasteiger partial charge in [-0.2, -0.15) is 5.10 Å². The van der Waals surface area contributed by atoms with Crippen molar-refractivity contribution in [3.8, 4) is 11.3 Å². The summed E-state index contributed by atoms with van der Waals surface area (Å²) in [5.74, 6) is -0.691. The van der Waals surface area contributed by atoms with E-state index in [2.05, 4.69) is 5.10 Å². The van der Waals surface area contributed by atoms with E-state index >= 15 is 0 Å². The molecule has 1 amide bonds. The molecule has 6 nitrogen and oxygen atoms in total. The maximum absolute atomic E-state index is 12.5. The Kier molecular flexibility index (Phi) is 5.14. The topological polar surface area (TPSA) is 81.1 Å². The number of nitrogens with one attached hydrogen (secondary N) is 1. The van der Waals surface area contributed by atoms with Crippen molar-refractivity contribution >= 4 is 15.9 Å². The fourth-order valence-electron chi connectivity index (χ4n) is 2.70. The Morgan fingerprint density at radius 3 is 2.11 bits per heavy atom. The minimum atomic E-state index is -3.67. The molecule has 27 heavy (non-hydrogen) atoms. The molecule has 1 aromatic heterocycles. The first-order valence-corrected chi connectivity index (χ1v) is 10.3. The number of carbonyl (C=O) groups is 1. The van der Waals surface area contributed by atoms with Gasteiger partial charge in [-0.1, -0.05) is 59.7 Å². The third-order valence-electron chi connectivity index (χ3n) is 4.07. The molecule has 7 heteroatoms. The quantitative estimate of drug-likeness (QED) is 0.735. The molecule has 0 radical (unpaired) electrons. The van der Waals surface area contributed by atoms with Crippen molar-refractivity contribution in [2.24, 2.45) is 0 Å². The molecular weight excluding hydrogens is 362 g/mol. The zero-order valence-electron chi connectivity index (χ0n) is 15.4. The molecular formula is C20H21N3O3S. The SMILES string of the molecule is Cc1ccc(Cn2cc(C(=O)NS(C)(=O)=O)c(-c3ccc(C)cc3)n2)cc1. The van der Waals surface area contributed by atoms with Crippen molar-refractivity contribution in [1.82, 2.24) is 14.5 Å². The van der Waals surface area contributed by atoms with Gasteiger partial charge in [0.25, 0.3) is 5.91 Å². The highest BCUT2D eigenvalue weighted by Crippen LogP contribution is 2.23. The number of carbonyl (C=O) groups excluding carboxylic acids is 1. The maximum Gasteiger partial charge on any atom is 0.268 e. The van der Waals surface area contributed by atoms with E-state index in [0.29, 0.717) is 12.2 Å². The van der Waals surface area contributed by atoms with E-state index in [1.54, 1.807) is 10.9 Å². The Morgan fingerprint density at radius 1 is 1.00 bits per heavy atom. The Hall–Kier alpha value is -2.93. The van der Waals surface area contributed by atoms with Crippen LogP contribution in [0.25, 0.3) is 11.3 Å². The third kappa shape index (κ3) is 4.83. The number of benzene rings is 2. The number of aryl methyl sites for hydroxylation is 2. The molecule has 0 atom stereocenters. The zero-order valence-corrected chi connectivity index (χ0v) is 16.2. The van der Waals surface area contributed by atoms with Crippen LogP contribution in [0.5, 0.6) is 0 Å². The standard InChI is InChI=1S/C20H21N3O3S/c1-14-4-8-16(9-5-14)12-23-13-18(20(24)22-27(3,25)26)19(21-23)17-10-6-15(2)7-11-17/h4-11,13H,12H2,1-3H3,(H,22,24). The van der Waals surface area contributed by atoms with Crippen LogP contribution in [0.1, 0.15) is 27.0 Å². The van der Waals surface area contributed by atoms with Gasteiger partial charge in [-0.3, -0.25) is 9.48 Å². The Bertz CT molecular complexity index is 1070. The van der Waals surface area contributed by atoms with Crippen molar-refractivity contribution in [2.45, 2.75) is 20.4 Å². The molecule has 0 spiro atoms. The average molecular weight is 383 g/mol. The molecule has 0 aliphatic rings. The van der Waals surface area contributed by atoms with Gasteiger partial charge in [0, 0.05) is 11.8 Å². The van der Waals surface area contributed by atoms with E-state index < -0.39 is 15.9 Å². The molecule has 0 fully saturated rings. The van der Waals surface area contributed by atoms with Gasteiger partial charge in [0.15, 0.2) is 0 Å². The molecule has 1 heterocycles. The summed E-state index contributed by atoms with van der Waals surface area (Å²) >= 11 is 0. The molecule has 0 bridgehead atoms. The molecule has 0 aliphatic heterocycles. The lowest BCUT2D eigenvalue weighted by molar-refractivity contribution is 0.0982. The summed E-state index contributed by atoms with van der Waals surface area (Å²) in [6.45, 7) is 4.46. The van der Waals surface area contributed by atoms with Crippen LogP contribution in [-0.4, -0.2) is 30.4 Å². The number of aromatic nitrogens is 2. The normalized spacial score (nSPS) is 11.4. The predicted octanol–water partition coefficient (Wildman–Crippen LogP) is 2.90. The Balaban J connectivity index is 2.01. The summed E-state index contributed by atoms with van der Waals surface area (Å²) in [5.41, 5.74) is 4.70. The summed E-state index contributed by atoms with van der Waals surface area (Å²) in [6.07, 6.45) is 2.53. The molecule has 0 saturated heterocycles. The number of hydrogen-bond acceptors (Lipinski definition) is 4. The lowest BCUT2D eigenvalue weighted by Gasteiger charge is -2.03. The second-order valence-electron chi connectivity index (χ2n) is 6.64. The lowest BCUT2D eigenvalue weighted by atomic mass is 10.1. The zero-order chi connectivity index (χ0) is 19.6. The first-order valence-electron chi connectivity index (χ1n) is 8.43. The second kappa shape index (κ2) is 7.36. The van der Waals surface area contributed by atoms with Crippen LogP contribution in [0.3, 0.4) is 0 Å². The number of sulfonamides is 1. The minimum absolute atomic E-state index is 0.219. The minimum Gasteiger partial charge on any atom is -0.268 e. The molecule has 0 aliphatic carbocycles. The van der Waals surface area contributed by atoms with E-state index in [0.717, 1.165) is 28.5 Å². The van der Waals surface area contributed by atoms with Gasteiger partial charge in [-0.25, -0.2) is 13.1 Å². The fourth-order valence-corrected chi connectivity index (χ4v) is 3.14. The van der Waals surface area contributed by atoms with Gasteiger partial charge in [-0.15, -0.1) is 0 Å². The highest BCUT2D eigenvalue weighted by Gasteiger charge is 2.20. The molecule has 140 valence electrons. The van der Waals surface area contributed by atoms with Gasteiger partial charge in [0.2, 0.25) is 10.0 Å². The summed E-state index contributed by atoms with van der Waals surface area (Å²) in [4.78, 5) is 12.5. The molecule has 1 N–H and O–H groups in total. The van der Waals surface area contributed by atoms with Crippen molar-refractivity contribution in [3.63, 3.8) is 0 Å². The van der Waals surface area contributed by atoms with Crippen LogP contribution in [0.4, 0.5) is 0 Å². The Labute approximate surface area is 158 Å². The molecule has 0 saturated carbocycles. The average Bonchev–Trinajstić information content (AvgIpc) is 3.00. The molecule has 3 aromatic rings. The number of hydrogen-bond donors (Lipinski definition) is 1.